The van der Waals surface area contributed by atoms with E-state index in [1.165, 1.54) is 31.5 Å². The maximum Gasteiger partial charge on any atom is 0.244 e. The molecule has 3 fully saturated rings. The van der Waals surface area contributed by atoms with Crippen LogP contribution in [0.4, 0.5) is 0 Å². The van der Waals surface area contributed by atoms with Gasteiger partial charge < -0.3 is 10.2 Å². The fourth-order valence-corrected chi connectivity index (χ4v) is 3.30. The predicted octanol–water partition coefficient (Wildman–Crippen LogP) is 2.22. The lowest BCUT2D eigenvalue weighted by molar-refractivity contribution is -0.118. The van der Waals surface area contributed by atoms with Gasteiger partial charge in [-0.15, -0.1) is 0 Å². The van der Waals surface area contributed by atoms with Gasteiger partial charge in [-0.25, -0.2) is 0 Å². The summed E-state index contributed by atoms with van der Waals surface area (Å²) in [5.74, 6) is 0.711. The Balaban J connectivity index is 1.59. The molecule has 3 nitrogen and oxygen atoms in total. The van der Waals surface area contributed by atoms with E-state index in [1.807, 2.05) is 24.3 Å². The molecule has 106 valence electrons. The summed E-state index contributed by atoms with van der Waals surface area (Å²) in [6.45, 7) is 5.49. The Kier molecular flexibility index (Phi) is 3.88. The smallest absolute Gasteiger partial charge is 0.244 e. The van der Waals surface area contributed by atoms with Gasteiger partial charge in [0.1, 0.15) is 0 Å². The summed E-state index contributed by atoms with van der Waals surface area (Å²) in [5, 5.41) is 3.17. The van der Waals surface area contributed by atoms with Crippen LogP contribution < -0.4 is 5.32 Å². The molecule has 0 radical (unpaired) electrons. The van der Waals surface area contributed by atoms with E-state index in [0.29, 0.717) is 12.0 Å². The minimum absolute atomic E-state index is 0.0343. The Morgan fingerprint density at radius 2 is 2.05 bits per heavy atom. The third-order valence-corrected chi connectivity index (χ3v) is 4.59. The third kappa shape index (κ3) is 2.93. The summed E-state index contributed by atoms with van der Waals surface area (Å²) in [6, 6.07) is 8.45. The fourth-order valence-electron chi connectivity index (χ4n) is 3.30. The van der Waals surface area contributed by atoms with E-state index in [4.69, 9.17) is 0 Å². The second-order valence-electron chi connectivity index (χ2n) is 5.94. The highest BCUT2D eigenvalue weighted by Crippen LogP contribution is 2.27. The number of hydrogen-bond donors (Lipinski definition) is 1. The number of nitrogens with one attached hydrogen (secondary N) is 1. The van der Waals surface area contributed by atoms with Crippen molar-refractivity contribution < 1.29 is 4.79 Å². The lowest BCUT2D eigenvalue weighted by Gasteiger charge is -2.44. The molecule has 3 heterocycles. The van der Waals surface area contributed by atoms with Crippen LogP contribution in [0.3, 0.4) is 0 Å². The number of aryl methyl sites for hydroxylation is 1. The van der Waals surface area contributed by atoms with Crippen molar-refractivity contribution in [2.45, 2.75) is 25.8 Å². The molecule has 1 N–H and O–H groups in total. The average molecular weight is 270 g/mol. The highest BCUT2D eigenvalue weighted by Gasteiger charge is 2.34. The molecule has 0 saturated carbocycles. The van der Waals surface area contributed by atoms with Gasteiger partial charge in [0.2, 0.25) is 5.91 Å². The Hall–Kier alpha value is -1.61. The molecule has 20 heavy (non-hydrogen) atoms. The fraction of sp³-hybridized carbons (Fsp3) is 0.471. The summed E-state index contributed by atoms with van der Waals surface area (Å²) >= 11 is 0. The number of nitrogens with zero attached hydrogens (tertiary/aromatic N) is 1. The van der Waals surface area contributed by atoms with Crippen molar-refractivity contribution in [3.8, 4) is 0 Å². The molecule has 0 spiro atoms. The van der Waals surface area contributed by atoms with Crippen molar-refractivity contribution >= 4 is 12.0 Å². The topological polar surface area (TPSA) is 32.3 Å². The first-order valence-electron chi connectivity index (χ1n) is 7.49. The second-order valence-corrected chi connectivity index (χ2v) is 5.94. The van der Waals surface area contributed by atoms with E-state index in [2.05, 4.69) is 23.2 Å². The van der Waals surface area contributed by atoms with Crippen LogP contribution >= 0.6 is 0 Å². The molecule has 3 saturated heterocycles. The van der Waals surface area contributed by atoms with E-state index in [9.17, 15) is 4.79 Å². The number of rotatable bonds is 3. The Bertz CT molecular complexity index is 515. The Morgan fingerprint density at radius 3 is 2.70 bits per heavy atom. The van der Waals surface area contributed by atoms with Crippen molar-refractivity contribution in [2.75, 3.05) is 19.6 Å². The zero-order valence-electron chi connectivity index (χ0n) is 12.0. The average Bonchev–Trinajstić information content (AvgIpc) is 2.48. The molecular weight excluding hydrogens is 248 g/mol. The normalized spacial score (nSPS) is 28.8. The predicted molar refractivity (Wildman–Crippen MR) is 81.3 cm³/mol. The quantitative estimate of drug-likeness (QED) is 0.854. The Morgan fingerprint density at radius 1 is 1.30 bits per heavy atom. The molecule has 3 aliphatic rings. The van der Waals surface area contributed by atoms with E-state index >= 15 is 0 Å². The van der Waals surface area contributed by atoms with Crippen molar-refractivity contribution in [1.29, 1.82) is 0 Å². The second kappa shape index (κ2) is 5.80. The van der Waals surface area contributed by atoms with Crippen LogP contribution in [0, 0.1) is 12.8 Å². The van der Waals surface area contributed by atoms with Gasteiger partial charge in [0.05, 0.1) is 0 Å². The van der Waals surface area contributed by atoms with E-state index in [0.717, 1.165) is 12.1 Å². The van der Waals surface area contributed by atoms with Crippen molar-refractivity contribution in [1.82, 2.24) is 10.2 Å². The first-order valence-corrected chi connectivity index (χ1v) is 7.49. The van der Waals surface area contributed by atoms with Gasteiger partial charge in [-0.3, -0.25) is 4.79 Å². The minimum atomic E-state index is 0.0343. The largest absolute Gasteiger partial charge is 0.348 e. The maximum absolute atomic E-state index is 12.1. The number of carbonyl (C=O) groups is 1. The van der Waals surface area contributed by atoms with Crippen LogP contribution in [-0.2, 0) is 4.79 Å². The summed E-state index contributed by atoms with van der Waals surface area (Å²) < 4.78 is 0. The molecule has 1 unspecified atom stereocenters. The molecule has 1 aromatic carbocycles. The van der Waals surface area contributed by atoms with E-state index in [-0.39, 0.29) is 5.91 Å². The number of carbonyl (C=O) groups excluding carboxylic acids is 1. The van der Waals surface area contributed by atoms with Crippen LogP contribution in [0.5, 0.6) is 0 Å². The molecule has 0 aliphatic carbocycles. The van der Waals surface area contributed by atoms with E-state index < -0.39 is 0 Å². The van der Waals surface area contributed by atoms with Crippen molar-refractivity contribution in [3.05, 3.63) is 41.5 Å². The van der Waals surface area contributed by atoms with Crippen LogP contribution in [0.1, 0.15) is 24.0 Å². The number of piperidine rings is 3. The molecule has 1 amide bonds. The molecule has 2 bridgehead atoms. The number of amides is 1. The molecule has 1 aromatic rings. The molecule has 0 aromatic heterocycles. The third-order valence-electron chi connectivity index (χ3n) is 4.59. The van der Waals surface area contributed by atoms with Crippen molar-refractivity contribution in [2.24, 2.45) is 5.92 Å². The van der Waals surface area contributed by atoms with Crippen LogP contribution in [0.25, 0.3) is 6.08 Å². The minimum Gasteiger partial charge on any atom is -0.348 e. The summed E-state index contributed by atoms with van der Waals surface area (Å²) in [4.78, 5) is 14.5. The standard InChI is InChI=1S/C17H22N2O/c1-13-4-2-3-5-14(13)6-7-17(20)18-16-12-19-10-8-15(16)9-11-19/h2-7,15-16H,8-12H2,1H3,(H,18,20). The van der Waals surface area contributed by atoms with Crippen LogP contribution in [0.2, 0.25) is 0 Å². The first kappa shape index (κ1) is 13.4. The highest BCUT2D eigenvalue weighted by molar-refractivity contribution is 5.92. The van der Waals surface area contributed by atoms with Gasteiger partial charge in [0.25, 0.3) is 0 Å². The SMILES string of the molecule is Cc1ccccc1C=CC(=O)NC1CN2CCC1CC2. The van der Waals surface area contributed by atoms with Gasteiger partial charge in [0, 0.05) is 18.7 Å². The molecular formula is C17H22N2O. The molecule has 4 rings (SSSR count). The van der Waals surface area contributed by atoms with Gasteiger partial charge >= 0.3 is 0 Å². The van der Waals surface area contributed by atoms with Gasteiger partial charge in [0.15, 0.2) is 0 Å². The summed E-state index contributed by atoms with van der Waals surface area (Å²) in [7, 11) is 0. The summed E-state index contributed by atoms with van der Waals surface area (Å²) in [5.41, 5.74) is 2.30. The number of hydrogen-bond acceptors (Lipinski definition) is 2. The van der Waals surface area contributed by atoms with Crippen LogP contribution in [0.15, 0.2) is 30.3 Å². The molecule has 1 atom stereocenters. The zero-order valence-corrected chi connectivity index (χ0v) is 12.0. The number of fused-ring (bicyclic) bond motifs is 3. The maximum atomic E-state index is 12.1. The van der Waals surface area contributed by atoms with Gasteiger partial charge in [-0.1, -0.05) is 24.3 Å². The highest BCUT2D eigenvalue weighted by atomic mass is 16.1. The van der Waals surface area contributed by atoms with Crippen LogP contribution in [-0.4, -0.2) is 36.5 Å². The summed E-state index contributed by atoms with van der Waals surface area (Å²) in [6.07, 6.45) is 6.03. The van der Waals surface area contributed by atoms with Gasteiger partial charge in [-0.2, -0.15) is 0 Å². The Labute approximate surface area is 120 Å². The lowest BCUT2D eigenvalue weighted by atomic mass is 9.84. The van der Waals surface area contributed by atoms with Gasteiger partial charge in [-0.05, 0) is 56.0 Å². The lowest BCUT2D eigenvalue weighted by Crippen LogP contribution is -2.57. The van der Waals surface area contributed by atoms with E-state index in [1.54, 1.807) is 6.08 Å². The first-order chi connectivity index (χ1) is 9.72. The molecule has 3 heteroatoms. The molecule has 3 aliphatic heterocycles. The zero-order chi connectivity index (χ0) is 13.9. The number of benzene rings is 1. The van der Waals surface area contributed by atoms with Crippen molar-refractivity contribution in [3.63, 3.8) is 0 Å². The monoisotopic (exact) mass is 270 g/mol.